The number of para-hydroxylation sites is 1. The topological polar surface area (TPSA) is 90.6 Å². The Bertz CT molecular complexity index is 1310. The molecule has 2 aliphatic heterocycles. The predicted molar refractivity (Wildman–Crippen MR) is 119 cm³/mol. The summed E-state index contributed by atoms with van der Waals surface area (Å²) < 4.78 is 12.7. The Labute approximate surface area is 185 Å². The zero-order valence-corrected chi connectivity index (χ0v) is 18.5. The summed E-state index contributed by atoms with van der Waals surface area (Å²) in [5, 5.41) is 12.0. The molecular formula is C25H26N2O5. The summed E-state index contributed by atoms with van der Waals surface area (Å²) in [6.07, 6.45) is 0.939. The number of fused-ring (bicyclic) bond motifs is 5. The summed E-state index contributed by atoms with van der Waals surface area (Å²) in [7, 11) is 0. The van der Waals surface area contributed by atoms with E-state index in [1.165, 1.54) is 0 Å². The molecule has 0 saturated heterocycles. The Morgan fingerprint density at radius 3 is 2.84 bits per heavy atom. The van der Waals surface area contributed by atoms with Crippen LogP contribution in [0.3, 0.4) is 0 Å². The summed E-state index contributed by atoms with van der Waals surface area (Å²) >= 11 is 0. The standard InChI is InChI=1S/C25H26N2O5/c1-4-9-31-14(3)17-8-6-7-15-10-16-12-27-20(22(16)26-21(15)17)11-19-18(23(27)28)13-32-24(29)25(19,30)5-2/h6-8,10-11,14,30H,4-5,9,12-13H2,1-3H3/t14?,25-/m0/s1. The Hall–Kier alpha value is -3.03. The first-order chi connectivity index (χ1) is 15.4. The molecule has 166 valence electrons. The van der Waals surface area contributed by atoms with Crippen molar-refractivity contribution in [3.63, 3.8) is 0 Å². The fourth-order valence-electron chi connectivity index (χ4n) is 4.74. The number of carbonyl (C=O) groups excluding carboxylic acids is 1. The van der Waals surface area contributed by atoms with Gasteiger partial charge in [-0.2, -0.15) is 0 Å². The van der Waals surface area contributed by atoms with Gasteiger partial charge in [-0.25, -0.2) is 9.78 Å². The largest absolute Gasteiger partial charge is 0.458 e. The minimum atomic E-state index is -1.82. The number of pyridine rings is 2. The minimum Gasteiger partial charge on any atom is -0.458 e. The molecule has 4 heterocycles. The number of cyclic esters (lactones) is 1. The van der Waals surface area contributed by atoms with Crippen LogP contribution in [0.5, 0.6) is 0 Å². The number of esters is 1. The van der Waals surface area contributed by atoms with E-state index in [2.05, 4.69) is 13.0 Å². The molecule has 2 aliphatic rings. The summed E-state index contributed by atoms with van der Waals surface area (Å²) in [5.41, 5.74) is 2.66. The van der Waals surface area contributed by atoms with Crippen molar-refractivity contribution in [1.82, 2.24) is 9.55 Å². The first-order valence-electron chi connectivity index (χ1n) is 11.1. The molecule has 7 heteroatoms. The quantitative estimate of drug-likeness (QED) is 0.483. The van der Waals surface area contributed by atoms with Crippen LogP contribution in [-0.2, 0) is 33.0 Å². The van der Waals surface area contributed by atoms with Crippen LogP contribution < -0.4 is 5.56 Å². The van der Waals surface area contributed by atoms with Crippen molar-refractivity contribution < 1.29 is 19.4 Å². The molecule has 0 saturated carbocycles. The lowest BCUT2D eigenvalue weighted by Crippen LogP contribution is -2.44. The third-order valence-electron chi connectivity index (χ3n) is 6.58. The second kappa shape index (κ2) is 7.53. The van der Waals surface area contributed by atoms with E-state index in [9.17, 15) is 14.7 Å². The number of rotatable bonds is 5. The van der Waals surface area contributed by atoms with Crippen LogP contribution in [-0.4, -0.2) is 27.2 Å². The first-order valence-corrected chi connectivity index (χ1v) is 11.1. The first kappa shape index (κ1) is 20.8. The van der Waals surface area contributed by atoms with Gasteiger partial charge in [0.1, 0.15) is 6.61 Å². The molecule has 0 amide bonds. The lowest BCUT2D eigenvalue weighted by Gasteiger charge is -2.31. The van der Waals surface area contributed by atoms with Gasteiger partial charge in [0.15, 0.2) is 5.60 Å². The predicted octanol–water partition coefficient (Wildman–Crippen LogP) is 3.57. The molecular weight excluding hydrogens is 408 g/mol. The van der Waals surface area contributed by atoms with Crippen molar-refractivity contribution in [2.24, 2.45) is 0 Å². The number of carbonyl (C=O) groups is 1. The SMILES string of the molecule is CCCOC(C)c1cccc2cc3c(nc12)-c1cc2c(c(=O)n1C3)COC(=O)[C@]2(O)CC. The minimum absolute atomic E-state index is 0.115. The molecule has 0 fully saturated rings. The second-order valence-electron chi connectivity index (χ2n) is 8.53. The highest BCUT2D eigenvalue weighted by atomic mass is 16.6. The highest BCUT2D eigenvalue weighted by Crippen LogP contribution is 2.39. The van der Waals surface area contributed by atoms with Gasteiger partial charge in [-0.15, -0.1) is 0 Å². The number of hydrogen-bond acceptors (Lipinski definition) is 6. The van der Waals surface area contributed by atoms with Gasteiger partial charge in [0.05, 0.1) is 35.1 Å². The van der Waals surface area contributed by atoms with E-state index in [0.717, 1.165) is 28.5 Å². The van der Waals surface area contributed by atoms with Crippen LogP contribution >= 0.6 is 0 Å². The van der Waals surface area contributed by atoms with Gasteiger partial charge < -0.3 is 19.1 Å². The monoisotopic (exact) mass is 434 g/mol. The fourth-order valence-corrected chi connectivity index (χ4v) is 4.74. The van der Waals surface area contributed by atoms with E-state index >= 15 is 0 Å². The van der Waals surface area contributed by atoms with Gasteiger partial charge in [0, 0.05) is 28.7 Å². The number of ether oxygens (including phenoxy) is 2. The molecule has 2 aromatic heterocycles. The van der Waals surface area contributed by atoms with Gasteiger partial charge in [-0.3, -0.25) is 4.79 Å². The molecule has 1 aromatic carbocycles. The summed E-state index contributed by atoms with van der Waals surface area (Å²) in [4.78, 5) is 30.6. The molecule has 5 rings (SSSR count). The van der Waals surface area contributed by atoms with Crippen LogP contribution in [0.25, 0.3) is 22.3 Å². The third kappa shape index (κ3) is 2.92. The highest BCUT2D eigenvalue weighted by Gasteiger charge is 2.45. The Balaban J connectivity index is 1.71. The Kier molecular flexibility index (Phi) is 4.91. The van der Waals surface area contributed by atoms with Gasteiger partial charge in [-0.05, 0) is 31.9 Å². The van der Waals surface area contributed by atoms with E-state index < -0.39 is 11.6 Å². The average molecular weight is 434 g/mol. The Morgan fingerprint density at radius 2 is 2.09 bits per heavy atom. The molecule has 0 bridgehead atoms. The molecule has 1 unspecified atom stereocenters. The molecule has 3 aromatic rings. The van der Waals surface area contributed by atoms with Crippen LogP contribution in [0.4, 0.5) is 0 Å². The molecule has 0 radical (unpaired) electrons. The molecule has 32 heavy (non-hydrogen) atoms. The molecule has 0 spiro atoms. The smallest absolute Gasteiger partial charge is 0.343 e. The second-order valence-corrected chi connectivity index (χ2v) is 8.53. The van der Waals surface area contributed by atoms with Crippen molar-refractivity contribution in [1.29, 1.82) is 0 Å². The van der Waals surface area contributed by atoms with Gasteiger partial charge in [-0.1, -0.05) is 32.0 Å². The number of aliphatic hydroxyl groups is 1. The Morgan fingerprint density at radius 1 is 1.28 bits per heavy atom. The number of aromatic nitrogens is 2. The molecule has 0 aliphatic carbocycles. The lowest BCUT2D eigenvalue weighted by atomic mass is 9.86. The van der Waals surface area contributed by atoms with Crippen molar-refractivity contribution in [3.05, 3.63) is 62.9 Å². The van der Waals surface area contributed by atoms with Crippen LogP contribution in [0.15, 0.2) is 35.1 Å². The number of benzene rings is 1. The number of hydrogen-bond donors (Lipinski definition) is 1. The van der Waals surface area contributed by atoms with E-state index in [4.69, 9.17) is 14.5 Å². The van der Waals surface area contributed by atoms with Crippen molar-refractivity contribution >= 4 is 16.9 Å². The maximum Gasteiger partial charge on any atom is 0.343 e. The molecule has 2 atom stereocenters. The lowest BCUT2D eigenvalue weighted by molar-refractivity contribution is -0.172. The highest BCUT2D eigenvalue weighted by molar-refractivity contribution is 5.88. The number of nitrogens with zero attached hydrogens (tertiary/aromatic N) is 2. The van der Waals surface area contributed by atoms with Crippen molar-refractivity contribution in [2.75, 3.05) is 6.61 Å². The summed E-state index contributed by atoms with van der Waals surface area (Å²) in [5.74, 6) is -0.717. The van der Waals surface area contributed by atoms with Gasteiger partial charge in [0.25, 0.3) is 5.56 Å². The van der Waals surface area contributed by atoms with Crippen molar-refractivity contribution in [3.8, 4) is 11.4 Å². The average Bonchev–Trinajstić information content (AvgIpc) is 3.16. The fraction of sp³-hybridized carbons (Fsp3) is 0.400. The van der Waals surface area contributed by atoms with Gasteiger partial charge in [0.2, 0.25) is 0 Å². The summed E-state index contributed by atoms with van der Waals surface area (Å²) in [6.45, 7) is 6.72. The van der Waals surface area contributed by atoms with E-state index in [1.54, 1.807) is 17.6 Å². The third-order valence-corrected chi connectivity index (χ3v) is 6.58. The molecule has 1 N–H and O–H groups in total. The summed E-state index contributed by atoms with van der Waals surface area (Å²) in [6, 6.07) is 9.83. The maximum absolute atomic E-state index is 13.3. The normalized spacial score (nSPS) is 19.9. The maximum atomic E-state index is 13.3. The zero-order chi connectivity index (χ0) is 22.6. The van der Waals surface area contributed by atoms with Crippen LogP contribution in [0.1, 0.15) is 62.0 Å². The van der Waals surface area contributed by atoms with Gasteiger partial charge >= 0.3 is 5.97 Å². The van der Waals surface area contributed by atoms with Crippen LogP contribution in [0, 0.1) is 0 Å². The molecule has 7 nitrogen and oxygen atoms in total. The van der Waals surface area contributed by atoms with Crippen molar-refractivity contribution in [2.45, 2.75) is 58.5 Å². The zero-order valence-electron chi connectivity index (χ0n) is 18.5. The van der Waals surface area contributed by atoms with E-state index in [1.807, 2.05) is 25.1 Å². The van der Waals surface area contributed by atoms with Crippen LogP contribution in [0.2, 0.25) is 0 Å². The van der Waals surface area contributed by atoms with E-state index in [-0.39, 0.29) is 24.7 Å². The van der Waals surface area contributed by atoms with E-state index in [0.29, 0.717) is 35.7 Å².